The van der Waals surface area contributed by atoms with Crippen LogP contribution >= 0.6 is 0 Å². The molecule has 3 rings (SSSR count). The van der Waals surface area contributed by atoms with Crippen molar-refractivity contribution in [3.8, 4) is 11.5 Å². The lowest BCUT2D eigenvalue weighted by molar-refractivity contribution is -0.0498. The first kappa shape index (κ1) is 21.9. The number of carbonyl (C=O) groups excluding carboxylic acids is 1. The number of para-hydroxylation sites is 1. The van der Waals surface area contributed by atoms with E-state index in [1.165, 1.54) is 33.8 Å². The van der Waals surface area contributed by atoms with Gasteiger partial charge >= 0.3 is 6.61 Å². The predicted molar refractivity (Wildman–Crippen MR) is 109 cm³/mol. The van der Waals surface area contributed by atoms with Crippen molar-refractivity contribution in [2.45, 2.75) is 19.7 Å². The molecular formula is C22H21F2N3O4. The molecule has 0 N–H and O–H groups in total. The molecule has 0 fully saturated rings. The number of benzene rings is 2. The molecule has 0 spiro atoms. The largest absolute Gasteiger partial charge is 0.492 e. The molecule has 0 aliphatic heterocycles. The van der Waals surface area contributed by atoms with Crippen LogP contribution in [0.25, 0.3) is 0 Å². The number of alkyl halides is 2. The molecule has 7 nitrogen and oxygen atoms in total. The van der Waals surface area contributed by atoms with Crippen LogP contribution in [0.4, 0.5) is 8.78 Å². The van der Waals surface area contributed by atoms with Gasteiger partial charge in [-0.05, 0) is 35.9 Å². The Balaban J connectivity index is 1.61. The summed E-state index contributed by atoms with van der Waals surface area (Å²) in [5.74, 6) is 0.331. The van der Waals surface area contributed by atoms with E-state index in [9.17, 15) is 18.4 Å². The highest BCUT2D eigenvalue weighted by molar-refractivity contribution is 5.91. The van der Waals surface area contributed by atoms with Gasteiger partial charge in [0.2, 0.25) is 0 Å². The number of aromatic nitrogens is 2. The molecule has 0 saturated heterocycles. The molecule has 1 heterocycles. The average molecular weight is 429 g/mol. The van der Waals surface area contributed by atoms with Crippen LogP contribution in [-0.4, -0.2) is 40.9 Å². The second-order valence-corrected chi connectivity index (χ2v) is 6.63. The lowest BCUT2D eigenvalue weighted by atomic mass is 10.2. The Morgan fingerprint density at radius 1 is 1.03 bits per heavy atom. The number of rotatable bonds is 9. The summed E-state index contributed by atoms with van der Waals surface area (Å²) < 4.78 is 35.5. The van der Waals surface area contributed by atoms with E-state index in [1.54, 1.807) is 31.3 Å². The number of carbonyl (C=O) groups is 1. The normalized spacial score (nSPS) is 10.7. The molecule has 31 heavy (non-hydrogen) atoms. The first-order valence-corrected chi connectivity index (χ1v) is 9.47. The minimum absolute atomic E-state index is 0.0409. The average Bonchev–Trinajstić information content (AvgIpc) is 2.76. The van der Waals surface area contributed by atoms with Gasteiger partial charge < -0.3 is 14.4 Å². The summed E-state index contributed by atoms with van der Waals surface area (Å²) in [5.41, 5.74) is 0.493. The van der Waals surface area contributed by atoms with E-state index in [1.807, 2.05) is 18.2 Å². The summed E-state index contributed by atoms with van der Waals surface area (Å²) in [4.78, 5) is 26.2. The molecule has 0 aliphatic carbocycles. The number of amides is 1. The zero-order valence-electron chi connectivity index (χ0n) is 16.8. The van der Waals surface area contributed by atoms with Crippen molar-refractivity contribution in [1.82, 2.24) is 14.7 Å². The van der Waals surface area contributed by atoms with Gasteiger partial charge in [-0.25, -0.2) is 4.68 Å². The van der Waals surface area contributed by atoms with Crippen molar-refractivity contribution in [3.63, 3.8) is 0 Å². The summed E-state index contributed by atoms with van der Waals surface area (Å²) in [6, 6.07) is 17.8. The summed E-state index contributed by atoms with van der Waals surface area (Å²) in [5, 5.41) is 4.14. The Kier molecular flexibility index (Phi) is 7.31. The molecule has 2 aromatic carbocycles. The van der Waals surface area contributed by atoms with Crippen molar-refractivity contribution < 1.29 is 23.0 Å². The van der Waals surface area contributed by atoms with Gasteiger partial charge in [-0.3, -0.25) is 9.59 Å². The maximum absolute atomic E-state index is 12.7. The van der Waals surface area contributed by atoms with Crippen LogP contribution in [0.15, 0.2) is 71.5 Å². The third-order valence-corrected chi connectivity index (χ3v) is 4.32. The molecular weight excluding hydrogens is 408 g/mol. The Bertz CT molecular complexity index is 1060. The molecule has 0 unspecified atom stereocenters. The van der Waals surface area contributed by atoms with Crippen LogP contribution in [0.5, 0.6) is 11.5 Å². The van der Waals surface area contributed by atoms with E-state index in [-0.39, 0.29) is 42.6 Å². The van der Waals surface area contributed by atoms with Crippen LogP contribution in [0.3, 0.4) is 0 Å². The fraction of sp³-hybridized carbons (Fsp3) is 0.227. The zero-order valence-corrected chi connectivity index (χ0v) is 16.8. The molecule has 0 saturated carbocycles. The summed E-state index contributed by atoms with van der Waals surface area (Å²) in [6.45, 7) is -2.26. The monoisotopic (exact) mass is 429 g/mol. The van der Waals surface area contributed by atoms with Crippen molar-refractivity contribution in [3.05, 3.63) is 88.3 Å². The topological polar surface area (TPSA) is 73.7 Å². The van der Waals surface area contributed by atoms with E-state index < -0.39 is 6.61 Å². The minimum Gasteiger partial charge on any atom is -0.492 e. The van der Waals surface area contributed by atoms with Gasteiger partial charge in [-0.2, -0.15) is 13.9 Å². The third kappa shape index (κ3) is 6.36. The van der Waals surface area contributed by atoms with E-state index in [0.29, 0.717) is 5.75 Å². The Hall–Kier alpha value is -3.75. The standard InChI is InChI=1S/C22H21F2N3O4/c1-26(15-16-7-9-18(10-8-16)31-22(23)24)21(29)19-11-12-20(28)27(25-19)13-14-30-17-5-3-2-4-6-17/h2-12,22H,13-15H2,1H3. The van der Waals surface area contributed by atoms with Crippen molar-refractivity contribution in [1.29, 1.82) is 0 Å². The van der Waals surface area contributed by atoms with Gasteiger partial charge in [0, 0.05) is 19.7 Å². The number of halogens is 2. The Labute approximate surface area is 177 Å². The second kappa shape index (κ2) is 10.3. The van der Waals surface area contributed by atoms with Gasteiger partial charge in [-0.1, -0.05) is 30.3 Å². The van der Waals surface area contributed by atoms with Crippen LogP contribution in [-0.2, 0) is 13.1 Å². The number of hydrogen-bond donors (Lipinski definition) is 0. The van der Waals surface area contributed by atoms with Crippen molar-refractivity contribution >= 4 is 5.91 Å². The molecule has 3 aromatic rings. The molecule has 162 valence electrons. The van der Waals surface area contributed by atoms with Gasteiger partial charge in [-0.15, -0.1) is 0 Å². The first-order chi connectivity index (χ1) is 14.9. The highest BCUT2D eigenvalue weighted by atomic mass is 19.3. The number of hydrogen-bond acceptors (Lipinski definition) is 5. The van der Waals surface area contributed by atoms with Crippen molar-refractivity contribution in [2.75, 3.05) is 13.7 Å². The Morgan fingerprint density at radius 3 is 2.42 bits per heavy atom. The number of ether oxygens (including phenoxy) is 2. The lowest BCUT2D eigenvalue weighted by Crippen LogP contribution is -2.31. The van der Waals surface area contributed by atoms with E-state index in [4.69, 9.17) is 4.74 Å². The third-order valence-electron chi connectivity index (χ3n) is 4.32. The van der Waals surface area contributed by atoms with Crippen LogP contribution in [0.2, 0.25) is 0 Å². The fourth-order valence-electron chi connectivity index (χ4n) is 2.81. The highest BCUT2D eigenvalue weighted by Crippen LogP contribution is 2.16. The molecule has 0 radical (unpaired) electrons. The smallest absolute Gasteiger partial charge is 0.387 e. The van der Waals surface area contributed by atoms with Crippen LogP contribution < -0.4 is 15.0 Å². The van der Waals surface area contributed by atoms with Crippen molar-refractivity contribution in [2.24, 2.45) is 0 Å². The Morgan fingerprint density at radius 2 is 1.74 bits per heavy atom. The fourth-order valence-corrected chi connectivity index (χ4v) is 2.81. The number of nitrogens with zero attached hydrogens (tertiary/aromatic N) is 3. The van der Waals surface area contributed by atoms with E-state index in [0.717, 1.165) is 5.56 Å². The minimum atomic E-state index is -2.89. The predicted octanol–water partition coefficient (Wildman–Crippen LogP) is 3.20. The first-order valence-electron chi connectivity index (χ1n) is 9.47. The van der Waals surface area contributed by atoms with Crippen LogP contribution in [0.1, 0.15) is 16.1 Å². The van der Waals surface area contributed by atoms with Gasteiger partial charge in [0.1, 0.15) is 23.8 Å². The molecule has 0 bridgehead atoms. The maximum atomic E-state index is 12.7. The molecule has 0 atom stereocenters. The maximum Gasteiger partial charge on any atom is 0.387 e. The SMILES string of the molecule is CN(Cc1ccc(OC(F)F)cc1)C(=O)c1ccc(=O)n(CCOc2ccccc2)n1. The van der Waals surface area contributed by atoms with Gasteiger partial charge in [0.05, 0.1) is 6.54 Å². The molecule has 0 aliphatic rings. The zero-order chi connectivity index (χ0) is 22.2. The summed E-state index contributed by atoms with van der Waals surface area (Å²) in [6.07, 6.45) is 0. The lowest BCUT2D eigenvalue weighted by Gasteiger charge is -2.17. The van der Waals surface area contributed by atoms with E-state index >= 15 is 0 Å². The van der Waals surface area contributed by atoms with Crippen LogP contribution in [0, 0.1) is 0 Å². The summed E-state index contributed by atoms with van der Waals surface area (Å²) >= 11 is 0. The van der Waals surface area contributed by atoms with Gasteiger partial charge in [0.15, 0.2) is 0 Å². The molecule has 1 amide bonds. The highest BCUT2D eigenvalue weighted by Gasteiger charge is 2.15. The van der Waals surface area contributed by atoms with E-state index in [2.05, 4.69) is 9.84 Å². The van der Waals surface area contributed by atoms with Gasteiger partial charge in [0.25, 0.3) is 11.5 Å². The second-order valence-electron chi connectivity index (χ2n) is 6.63. The molecule has 1 aromatic heterocycles. The quantitative estimate of drug-likeness (QED) is 0.522. The summed E-state index contributed by atoms with van der Waals surface area (Å²) in [7, 11) is 1.58. The molecule has 9 heteroatoms.